The number of anilines is 2. The number of carbonyl (C=O) groups excluding carboxylic acids is 2. The largest absolute Gasteiger partial charge is 0.465 e. The van der Waals surface area contributed by atoms with Gasteiger partial charge in [0, 0.05) is 41.8 Å². The van der Waals surface area contributed by atoms with Gasteiger partial charge in [-0.05, 0) is 105 Å². The first-order valence-electron chi connectivity index (χ1n) is 13.5. The van der Waals surface area contributed by atoms with E-state index in [4.69, 9.17) is 21.7 Å². The molecule has 4 aromatic rings. The maximum Gasteiger partial charge on any atom is 0.337 e. The van der Waals surface area contributed by atoms with E-state index in [0.29, 0.717) is 16.4 Å². The fraction of sp³-hybridized carbons (Fsp3) is 0.250. The van der Waals surface area contributed by atoms with Crippen molar-refractivity contribution in [2.45, 2.75) is 32.9 Å². The van der Waals surface area contributed by atoms with Gasteiger partial charge in [-0.1, -0.05) is 6.07 Å². The summed E-state index contributed by atoms with van der Waals surface area (Å²) in [5, 5.41) is 7.00. The molecule has 1 aliphatic rings. The van der Waals surface area contributed by atoms with Gasteiger partial charge in [-0.25, -0.2) is 4.79 Å². The second-order valence-corrected chi connectivity index (χ2v) is 10.6. The van der Waals surface area contributed by atoms with Crippen molar-refractivity contribution in [2.75, 3.05) is 31.0 Å². The number of methoxy groups -OCH3 is 2. The summed E-state index contributed by atoms with van der Waals surface area (Å²) in [6.45, 7) is 6.09. The number of nitrogens with one attached hydrogen (secondary N) is 2. The summed E-state index contributed by atoms with van der Waals surface area (Å²) in [6, 6.07) is 20.9. The van der Waals surface area contributed by atoms with E-state index in [9.17, 15) is 9.59 Å². The number of pyridine rings is 1. The average molecular weight is 584 g/mol. The minimum absolute atomic E-state index is 0.0177. The number of amides is 1. The van der Waals surface area contributed by atoms with E-state index in [1.54, 1.807) is 18.3 Å². The third kappa shape index (κ3) is 5.50. The number of aryl methyl sites for hydroxylation is 2. The van der Waals surface area contributed by atoms with Crippen molar-refractivity contribution >= 4 is 40.6 Å². The first kappa shape index (κ1) is 29.0. The summed E-state index contributed by atoms with van der Waals surface area (Å²) in [5.74, 6) is -0.589. The van der Waals surface area contributed by atoms with E-state index in [1.165, 1.54) is 14.2 Å². The Morgan fingerprint density at radius 1 is 1.00 bits per heavy atom. The third-order valence-electron chi connectivity index (χ3n) is 7.47. The molecule has 2 N–H and O–H groups in total. The van der Waals surface area contributed by atoms with Crippen LogP contribution in [0.2, 0.25) is 0 Å². The Morgan fingerprint density at radius 3 is 2.38 bits per heavy atom. The van der Waals surface area contributed by atoms with Gasteiger partial charge in [0.2, 0.25) is 5.91 Å². The number of nitrogens with zero attached hydrogens (tertiary/aromatic N) is 3. The minimum atomic E-state index is -0.373. The van der Waals surface area contributed by atoms with Gasteiger partial charge >= 0.3 is 5.97 Å². The van der Waals surface area contributed by atoms with Crippen LogP contribution in [0.15, 0.2) is 72.9 Å². The standard InChI is InChI=1S/C32H33N5O4S/c1-19-16-24(13-14-26(19)34-28(38)18-40-4)37-30(29(35-32(37)42)27-8-6-7-15-33-27)25-17-20(2)36(21(25)3)23-11-9-22(10-12-23)31(39)41-5/h6-17,29-30H,18H2,1-5H3,(H,34,38)(H,35,42)/t29-,30-/m0/s1. The first-order chi connectivity index (χ1) is 20.2. The highest BCUT2D eigenvalue weighted by atomic mass is 32.1. The molecule has 0 saturated carbocycles. The highest BCUT2D eigenvalue weighted by Crippen LogP contribution is 2.44. The number of rotatable bonds is 8. The molecule has 0 radical (unpaired) electrons. The van der Waals surface area contributed by atoms with Crippen molar-refractivity contribution in [3.63, 3.8) is 0 Å². The predicted molar refractivity (Wildman–Crippen MR) is 166 cm³/mol. The van der Waals surface area contributed by atoms with Gasteiger partial charge in [0.15, 0.2) is 5.11 Å². The fourth-order valence-corrected chi connectivity index (χ4v) is 5.90. The predicted octanol–water partition coefficient (Wildman–Crippen LogP) is 5.35. The van der Waals surface area contributed by atoms with Crippen LogP contribution in [-0.4, -0.2) is 47.4 Å². The highest BCUT2D eigenvalue weighted by Gasteiger charge is 2.42. The molecule has 216 valence electrons. The third-order valence-corrected chi connectivity index (χ3v) is 7.79. The van der Waals surface area contributed by atoms with Crippen LogP contribution >= 0.6 is 12.2 Å². The Hall–Kier alpha value is -4.54. The summed E-state index contributed by atoms with van der Waals surface area (Å²) in [6.07, 6.45) is 1.79. The van der Waals surface area contributed by atoms with E-state index < -0.39 is 0 Å². The Morgan fingerprint density at radius 2 is 1.74 bits per heavy atom. The van der Waals surface area contributed by atoms with Crippen molar-refractivity contribution in [2.24, 2.45) is 0 Å². The number of thiocarbonyl (C=S) groups is 1. The van der Waals surface area contributed by atoms with Crippen LogP contribution in [0, 0.1) is 20.8 Å². The lowest BCUT2D eigenvalue weighted by molar-refractivity contribution is -0.119. The smallest absolute Gasteiger partial charge is 0.337 e. The lowest BCUT2D eigenvalue weighted by Crippen LogP contribution is -2.29. The van der Waals surface area contributed by atoms with E-state index in [-0.39, 0.29) is 30.6 Å². The molecule has 9 nitrogen and oxygen atoms in total. The van der Waals surface area contributed by atoms with Crippen LogP contribution in [0.5, 0.6) is 0 Å². The van der Waals surface area contributed by atoms with Crippen molar-refractivity contribution in [3.8, 4) is 5.69 Å². The SMILES string of the molecule is COCC(=O)Nc1ccc(N2C(=S)N[C@@H](c3ccccn3)[C@@H]2c2cc(C)n(-c3ccc(C(=O)OC)cc3)c2C)cc1C. The molecule has 5 rings (SSSR count). The van der Waals surface area contributed by atoms with Crippen LogP contribution in [-0.2, 0) is 14.3 Å². The molecule has 1 amide bonds. The number of esters is 1. The van der Waals surface area contributed by atoms with Crippen molar-refractivity contribution in [1.29, 1.82) is 0 Å². The molecule has 2 atom stereocenters. The monoisotopic (exact) mass is 583 g/mol. The van der Waals surface area contributed by atoms with Crippen LogP contribution < -0.4 is 15.5 Å². The van der Waals surface area contributed by atoms with Crippen LogP contribution in [0.4, 0.5) is 11.4 Å². The molecule has 42 heavy (non-hydrogen) atoms. The molecule has 2 aromatic heterocycles. The molecule has 2 aromatic carbocycles. The summed E-state index contributed by atoms with van der Waals surface area (Å²) in [7, 11) is 2.86. The van der Waals surface area contributed by atoms with Gasteiger partial charge in [0.05, 0.1) is 30.5 Å². The lowest BCUT2D eigenvalue weighted by atomic mass is 9.96. The number of benzene rings is 2. The second-order valence-electron chi connectivity index (χ2n) is 10.2. The van der Waals surface area contributed by atoms with Crippen molar-refractivity contribution in [3.05, 3.63) is 107 Å². The summed E-state index contributed by atoms with van der Waals surface area (Å²) >= 11 is 5.93. The molecular formula is C32H33N5O4S. The van der Waals surface area contributed by atoms with Crippen LogP contribution in [0.3, 0.4) is 0 Å². The molecule has 10 heteroatoms. The number of hydrogen-bond acceptors (Lipinski definition) is 6. The Balaban J connectivity index is 1.58. The Kier molecular flexibility index (Phi) is 8.37. The Bertz CT molecular complexity index is 1630. The summed E-state index contributed by atoms with van der Waals surface area (Å²) in [5.41, 5.74) is 7.98. The average Bonchev–Trinajstić information content (AvgIpc) is 3.49. The van der Waals surface area contributed by atoms with Gasteiger partial charge in [-0.3, -0.25) is 9.78 Å². The van der Waals surface area contributed by atoms with Gasteiger partial charge in [-0.2, -0.15) is 0 Å². The molecule has 0 unspecified atom stereocenters. The quantitative estimate of drug-likeness (QED) is 0.212. The van der Waals surface area contributed by atoms with Crippen LogP contribution in [0.1, 0.15) is 50.7 Å². The Labute approximate surface area is 250 Å². The number of carbonyl (C=O) groups is 2. The molecular weight excluding hydrogens is 550 g/mol. The van der Waals surface area contributed by atoms with Gasteiger partial charge < -0.3 is 29.6 Å². The van der Waals surface area contributed by atoms with Gasteiger partial charge in [-0.15, -0.1) is 0 Å². The molecule has 1 saturated heterocycles. The van der Waals surface area contributed by atoms with E-state index in [1.807, 2.05) is 55.5 Å². The van der Waals surface area contributed by atoms with E-state index in [0.717, 1.165) is 39.6 Å². The number of hydrogen-bond donors (Lipinski definition) is 2. The maximum absolute atomic E-state index is 12.1. The minimum Gasteiger partial charge on any atom is -0.465 e. The van der Waals surface area contributed by atoms with Crippen molar-refractivity contribution in [1.82, 2.24) is 14.9 Å². The zero-order chi connectivity index (χ0) is 30.0. The van der Waals surface area contributed by atoms with E-state index >= 15 is 0 Å². The molecule has 0 bridgehead atoms. The van der Waals surface area contributed by atoms with Gasteiger partial charge in [0.25, 0.3) is 0 Å². The summed E-state index contributed by atoms with van der Waals surface area (Å²) in [4.78, 5) is 30.9. The van der Waals surface area contributed by atoms with Crippen molar-refractivity contribution < 1.29 is 19.1 Å². The van der Waals surface area contributed by atoms with Crippen LogP contribution in [0.25, 0.3) is 5.69 Å². The molecule has 1 fully saturated rings. The van der Waals surface area contributed by atoms with E-state index in [2.05, 4.69) is 45.0 Å². The van der Waals surface area contributed by atoms with Gasteiger partial charge in [0.1, 0.15) is 6.61 Å². The lowest BCUT2D eigenvalue weighted by Gasteiger charge is -2.29. The topological polar surface area (TPSA) is 97.7 Å². The first-order valence-corrected chi connectivity index (χ1v) is 13.9. The summed E-state index contributed by atoms with van der Waals surface area (Å²) < 4.78 is 12.0. The number of aromatic nitrogens is 2. The fourth-order valence-electron chi connectivity index (χ4n) is 5.55. The zero-order valence-electron chi connectivity index (χ0n) is 24.2. The molecule has 3 heterocycles. The molecule has 0 aliphatic carbocycles. The highest BCUT2D eigenvalue weighted by molar-refractivity contribution is 7.80. The second kappa shape index (κ2) is 12.1. The maximum atomic E-state index is 12.1. The zero-order valence-corrected chi connectivity index (χ0v) is 25.0. The molecule has 0 spiro atoms. The number of ether oxygens (including phenoxy) is 2. The normalized spacial score (nSPS) is 16.3. The molecule has 1 aliphatic heterocycles.